The molecule has 2 aliphatic heterocycles. The van der Waals surface area contributed by atoms with Crippen LogP contribution in [0.5, 0.6) is 5.88 Å². The second-order valence-electron chi connectivity index (χ2n) is 9.89. The molecule has 2 aliphatic rings. The van der Waals surface area contributed by atoms with Crippen molar-refractivity contribution >= 4 is 11.8 Å². The minimum Gasteiger partial charge on any atom is -0.477 e. The summed E-state index contributed by atoms with van der Waals surface area (Å²) in [5.74, 6) is 0.683. The zero-order valence-corrected chi connectivity index (χ0v) is 19.8. The van der Waals surface area contributed by atoms with Crippen LogP contribution in [0.2, 0.25) is 0 Å². The molecule has 180 valence electrons. The highest BCUT2D eigenvalue weighted by atomic mass is 16.6. The maximum Gasteiger partial charge on any atom is 0.415 e. The minimum absolute atomic E-state index is 0.120. The summed E-state index contributed by atoms with van der Waals surface area (Å²) in [6, 6.07) is 6.64. The Kier molecular flexibility index (Phi) is 6.39. The van der Waals surface area contributed by atoms with Gasteiger partial charge < -0.3 is 19.7 Å². The Labute approximate surface area is 194 Å². The number of aliphatic hydroxyl groups excluding tert-OH is 1. The first kappa shape index (κ1) is 23.5. The Morgan fingerprint density at radius 2 is 1.85 bits per heavy atom. The topological polar surface area (TPSA) is 100 Å². The van der Waals surface area contributed by atoms with Gasteiger partial charge >= 0.3 is 6.09 Å². The third-order valence-corrected chi connectivity index (χ3v) is 6.35. The number of anilines is 1. The molecule has 2 aromatic rings. The summed E-state index contributed by atoms with van der Waals surface area (Å²) in [7, 11) is 0. The monoisotopic (exact) mass is 458 g/mol. The van der Waals surface area contributed by atoms with Crippen LogP contribution < -0.4 is 9.64 Å². The second-order valence-corrected chi connectivity index (χ2v) is 9.89. The van der Waals surface area contributed by atoms with Gasteiger partial charge in [0.25, 0.3) is 0 Å². The Morgan fingerprint density at radius 1 is 1.18 bits per heavy atom. The molecule has 33 heavy (non-hydrogen) atoms. The Balaban J connectivity index is 1.40. The molecule has 9 nitrogen and oxygen atoms in total. The van der Waals surface area contributed by atoms with E-state index in [0.29, 0.717) is 30.3 Å². The number of carbonyl (C=O) groups excluding carboxylic acids is 1. The molecule has 3 heterocycles. The van der Waals surface area contributed by atoms with Crippen LogP contribution in [0.3, 0.4) is 0 Å². The minimum atomic E-state index is -1.53. The van der Waals surface area contributed by atoms with Crippen molar-refractivity contribution in [2.75, 3.05) is 31.1 Å². The summed E-state index contributed by atoms with van der Waals surface area (Å²) in [6.45, 7) is 11.7. The van der Waals surface area contributed by atoms with Crippen LogP contribution in [-0.2, 0) is 16.8 Å². The van der Waals surface area contributed by atoms with Gasteiger partial charge in [0.15, 0.2) is 6.29 Å². The van der Waals surface area contributed by atoms with Crippen molar-refractivity contribution in [3.8, 4) is 5.88 Å². The Hall–Kier alpha value is -2.62. The van der Waals surface area contributed by atoms with Gasteiger partial charge in [0.2, 0.25) is 5.88 Å². The van der Waals surface area contributed by atoms with Gasteiger partial charge in [-0.1, -0.05) is 12.1 Å². The molecular formula is C24H34N4O5. The molecule has 1 aromatic heterocycles. The molecule has 0 unspecified atom stereocenters. The number of hydrogen-bond donors (Lipinski definition) is 2. The Bertz CT molecular complexity index is 972. The zero-order valence-electron chi connectivity index (χ0n) is 19.8. The molecule has 1 spiro atoms. The number of rotatable bonds is 6. The van der Waals surface area contributed by atoms with Crippen LogP contribution in [0.4, 0.5) is 10.5 Å². The van der Waals surface area contributed by atoms with Gasteiger partial charge in [-0.05, 0) is 39.8 Å². The molecule has 0 bridgehead atoms. The summed E-state index contributed by atoms with van der Waals surface area (Å²) >= 11 is 0. The van der Waals surface area contributed by atoms with E-state index in [9.17, 15) is 15.0 Å². The van der Waals surface area contributed by atoms with E-state index < -0.39 is 11.9 Å². The highest BCUT2D eigenvalue weighted by Crippen LogP contribution is 2.36. The first-order valence-electron chi connectivity index (χ1n) is 11.5. The number of amides is 1. The summed E-state index contributed by atoms with van der Waals surface area (Å²) in [5, 5.41) is 23.2. The van der Waals surface area contributed by atoms with Crippen molar-refractivity contribution in [3.05, 3.63) is 41.6 Å². The van der Waals surface area contributed by atoms with Crippen LogP contribution in [0.1, 0.15) is 58.0 Å². The lowest BCUT2D eigenvalue weighted by Crippen LogP contribution is -2.46. The van der Waals surface area contributed by atoms with Crippen molar-refractivity contribution in [3.63, 3.8) is 0 Å². The highest BCUT2D eigenvalue weighted by molar-refractivity contribution is 5.90. The first-order chi connectivity index (χ1) is 15.6. The van der Waals surface area contributed by atoms with Crippen molar-refractivity contribution in [2.45, 2.75) is 64.5 Å². The predicted molar refractivity (Wildman–Crippen MR) is 123 cm³/mol. The number of benzene rings is 1. The van der Waals surface area contributed by atoms with Gasteiger partial charge in [-0.25, -0.2) is 4.79 Å². The van der Waals surface area contributed by atoms with E-state index in [4.69, 9.17) is 9.47 Å². The van der Waals surface area contributed by atoms with Crippen molar-refractivity contribution < 1.29 is 24.5 Å². The predicted octanol–water partition coefficient (Wildman–Crippen LogP) is 3.01. The normalized spacial score (nSPS) is 18.9. The van der Waals surface area contributed by atoms with Gasteiger partial charge in [0, 0.05) is 55.5 Å². The summed E-state index contributed by atoms with van der Waals surface area (Å²) in [4.78, 5) is 16.6. The van der Waals surface area contributed by atoms with E-state index in [1.165, 1.54) is 0 Å². The molecule has 4 rings (SSSR count). The maximum atomic E-state index is 12.6. The lowest BCUT2D eigenvalue weighted by atomic mass is 9.91. The lowest BCUT2D eigenvalue weighted by molar-refractivity contribution is -0.0424. The number of piperidine rings is 1. The molecule has 0 atom stereocenters. The number of aliphatic hydroxyl groups is 2. The van der Waals surface area contributed by atoms with Crippen LogP contribution in [0.15, 0.2) is 30.5 Å². The number of nitrogens with zero attached hydrogens (tertiary/aromatic N) is 4. The van der Waals surface area contributed by atoms with Crippen molar-refractivity contribution in [2.24, 2.45) is 0 Å². The van der Waals surface area contributed by atoms with Crippen molar-refractivity contribution in [1.82, 2.24) is 14.7 Å². The quantitative estimate of drug-likeness (QED) is 0.642. The van der Waals surface area contributed by atoms with E-state index >= 15 is 0 Å². The average Bonchev–Trinajstić information content (AvgIpc) is 3.31. The smallest absolute Gasteiger partial charge is 0.415 e. The molecule has 2 N–H and O–H groups in total. The van der Waals surface area contributed by atoms with Crippen LogP contribution >= 0.6 is 0 Å². The molecule has 2 saturated heterocycles. The lowest BCUT2D eigenvalue weighted by Gasteiger charge is -2.37. The molecule has 0 saturated carbocycles. The summed E-state index contributed by atoms with van der Waals surface area (Å²) < 4.78 is 13.6. The molecule has 2 fully saturated rings. The number of carbonyl (C=O) groups is 1. The van der Waals surface area contributed by atoms with Crippen LogP contribution in [-0.4, -0.2) is 62.8 Å². The molecule has 0 aliphatic carbocycles. The molecule has 0 radical (unpaired) electrons. The molecule has 9 heteroatoms. The number of aromatic nitrogens is 2. The molecule has 1 aromatic carbocycles. The van der Waals surface area contributed by atoms with E-state index in [1.807, 2.05) is 11.6 Å². The fourth-order valence-electron chi connectivity index (χ4n) is 4.37. The fourth-order valence-corrected chi connectivity index (χ4v) is 4.37. The van der Waals surface area contributed by atoms with Gasteiger partial charge in [0.05, 0.1) is 18.7 Å². The third kappa shape index (κ3) is 5.00. The highest BCUT2D eigenvalue weighted by Gasteiger charge is 2.47. The number of hydrogen-bond acceptors (Lipinski definition) is 7. The summed E-state index contributed by atoms with van der Waals surface area (Å²) in [6.07, 6.45) is 1.68. The van der Waals surface area contributed by atoms with E-state index in [0.717, 1.165) is 38.0 Å². The average molecular weight is 459 g/mol. The van der Waals surface area contributed by atoms with Gasteiger partial charge in [-0.2, -0.15) is 0 Å². The first-order valence-corrected chi connectivity index (χ1v) is 11.5. The molecule has 1 amide bonds. The Morgan fingerprint density at radius 3 is 2.42 bits per heavy atom. The standard InChI is InChI=1S/C24H34N4O5/c1-5-32-20-18(15-28(25-20)23(2,3)4)14-26-12-10-24(11-13-26)16-27(22(31)33-24)19-8-6-17(7-9-19)21(29)30/h6-9,15,21,29-30H,5,10-14,16H2,1-4H3. The summed E-state index contributed by atoms with van der Waals surface area (Å²) in [5.41, 5.74) is 1.53. The van der Waals surface area contributed by atoms with Crippen molar-refractivity contribution in [1.29, 1.82) is 0 Å². The number of likely N-dealkylation sites (tertiary alicyclic amines) is 1. The van der Waals surface area contributed by atoms with Crippen LogP contribution in [0.25, 0.3) is 0 Å². The zero-order chi connectivity index (χ0) is 23.8. The van der Waals surface area contributed by atoms with Gasteiger partial charge in [-0.3, -0.25) is 14.5 Å². The van der Waals surface area contributed by atoms with E-state index in [2.05, 4.69) is 37.0 Å². The van der Waals surface area contributed by atoms with Gasteiger partial charge in [-0.15, -0.1) is 5.10 Å². The largest absolute Gasteiger partial charge is 0.477 e. The van der Waals surface area contributed by atoms with Crippen LogP contribution in [0, 0.1) is 0 Å². The van der Waals surface area contributed by atoms with E-state index in [-0.39, 0.29) is 11.6 Å². The third-order valence-electron chi connectivity index (χ3n) is 6.35. The molecular weight excluding hydrogens is 424 g/mol. The second kappa shape index (κ2) is 8.96. The number of ether oxygens (including phenoxy) is 2. The van der Waals surface area contributed by atoms with E-state index in [1.54, 1.807) is 29.2 Å². The van der Waals surface area contributed by atoms with Gasteiger partial charge in [0.1, 0.15) is 5.60 Å². The SMILES string of the molecule is CCOc1nn(C(C)(C)C)cc1CN1CCC2(CC1)CN(c1ccc(C(O)O)cc1)C(=O)O2. The fraction of sp³-hybridized carbons (Fsp3) is 0.583. The maximum absolute atomic E-state index is 12.6.